The number of ether oxygens (including phenoxy) is 2. The zero-order valence-corrected chi connectivity index (χ0v) is 26.3. The molecule has 1 saturated carbocycles. The van der Waals surface area contributed by atoms with Crippen LogP contribution in [-0.4, -0.2) is 60.5 Å². The molecular weight excluding hydrogens is 585 g/mol. The molecule has 2 aromatic carbocycles. The smallest absolute Gasteiger partial charge is 0.257 e. The first-order chi connectivity index (χ1) is 21.0. The number of amides is 2. The first-order valence-electron chi connectivity index (χ1n) is 14.9. The second-order valence-corrected chi connectivity index (χ2v) is 13.4. The maximum Gasteiger partial charge on any atom is 0.257 e. The molecule has 9 nitrogen and oxygen atoms in total. The second-order valence-electron chi connectivity index (χ2n) is 12.3. The summed E-state index contributed by atoms with van der Waals surface area (Å²) < 4.78 is 24.1. The fourth-order valence-electron chi connectivity index (χ4n) is 7.11. The number of hydrogen-bond acceptors (Lipinski definition) is 8. The summed E-state index contributed by atoms with van der Waals surface area (Å²) >= 11 is 1.35. The van der Waals surface area contributed by atoms with Gasteiger partial charge in [-0.15, -0.1) is 11.3 Å². The Bertz CT molecular complexity index is 1510. The molecule has 5 atom stereocenters. The molecule has 0 aliphatic heterocycles. The van der Waals surface area contributed by atoms with Crippen molar-refractivity contribution in [3.8, 4) is 11.5 Å². The molecule has 1 fully saturated rings. The lowest BCUT2D eigenvalue weighted by Crippen LogP contribution is -2.57. The molecule has 2 amide bonds. The summed E-state index contributed by atoms with van der Waals surface area (Å²) in [4.78, 5) is 32.1. The molecule has 0 spiro atoms. The van der Waals surface area contributed by atoms with E-state index in [1.54, 1.807) is 14.2 Å². The molecule has 5 rings (SSSR count). The third-order valence-electron chi connectivity index (χ3n) is 9.79. The number of carbonyl (C=O) groups is 2. The maximum atomic E-state index is 13.5. The van der Waals surface area contributed by atoms with Crippen molar-refractivity contribution in [1.82, 2.24) is 10.3 Å². The van der Waals surface area contributed by atoms with Crippen LogP contribution in [0, 0.1) is 22.6 Å². The Morgan fingerprint density at radius 1 is 1.11 bits per heavy atom. The van der Waals surface area contributed by atoms with Gasteiger partial charge < -0.3 is 25.0 Å². The van der Waals surface area contributed by atoms with Gasteiger partial charge in [0.15, 0.2) is 16.6 Å². The standard InChI is InChI=1S/C33H40FN3O6S/c1-32-13-11-27(39)33(2,18-38)26(32)17-25-29(36-31(44-25)37-30(41)20-6-8-21(34)9-7-20)22(32)16-28(40)35-14-12-19-5-10-23(42-3)24(15-19)43-4/h5-10,15,22,26-27,38-39H,11-14,16-18H2,1-4H3,(H,35,40)(H,36,37,41). The molecule has 4 N–H and O–H groups in total. The van der Waals surface area contributed by atoms with Gasteiger partial charge in [0.2, 0.25) is 5.91 Å². The Hall–Kier alpha value is -3.54. The Morgan fingerprint density at radius 2 is 1.84 bits per heavy atom. The maximum absolute atomic E-state index is 13.5. The molecule has 0 bridgehead atoms. The van der Waals surface area contributed by atoms with Gasteiger partial charge >= 0.3 is 0 Å². The summed E-state index contributed by atoms with van der Waals surface area (Å²) in [6, 6.07) is 11.0. The van der Waals surface area contributed by atoms with E-state index in [1.807, 2.05) is 25.1 Å². The van der Waals surface area contributed by atoms with Crippen LogP contribution in [0.5, 0.6) is 11.5 Å². The highest BCUT2D eigenvalue weighted by Crippen LogP contribution is 2.62. The second kappa shape index (κ2) is 12.8. The van der Waals surface area contributed by atoms with Crippen molar-refractivity contribution < 1.29 is 33.7 Å². The zero-order chi connectivity index (χ0) is 31.6. The largest absolute Gasteiger partial charge is 0.493 e. The molecule has 1 heterocycles. The lowest BCUT2D eigenvalue weighted by atomic mass is 9.47. The number of aromatic nitrogens is 1. The number of rotatable bonds is 10. The van der Waals surface area contributed by atoms with Crippen LogP contribution in [0.2, 0.25) is 0 Å². The lowest BCUT2D eigenvalue weighted by molar-refractivity contribution is -0.144. The van der Waals surface area contributed by atoms with E-state index in [0.29, 0.717) is 54.4 Å². The average Bonchev–Trinajstić information content (AvgIpc) is 3.42. The monoisotopic (exact) mass is 625 g/mol. The number of benzene rings is 2. The highest BCUT2D eigenvalue weighted by molar-refractivity contribution is 7.15. The number of hydrogen-bond donors (Lipinski definition) is 4. The number of halogens is 1. The van der Waals surface area contributed by atoms with Gasteiger partial charge in [-0.25, -0.2) is 9.37 Å². The van der Waals surface area contributed by atoms with Gasteiger partial charge in [0.1, 0.15) is 5.82 Å². The molecule has 236 valence electrons. The fraction of sp³-hybridized carbons (Fsp3) is 0.485. The summed E-state index contributed by atoms with van der Waals surface area (Å²) in [5.41, 5.74) is 0.901. The predicted molar refractivity (Wildman–Crippen MR) is 166 cm³/mol. The molecule has 5 unspecified atom stereocenters. The number of anilines is 1. The van der Waals surface area contributed by atoms with Crippen LogP contribution in [0.3, 0.4) is 0 Å². The summed E-state index contributed by atoms with van der Waals surface area (Å²) in [5, 5.41) is 27.8. The third kappa shape index (κ3) is 6.05. The van der Waals surface area contributed by atoms with E-state index in [4.69, 9.17) is 14.5 Å². The van der Waals surface area contributed by atoms with Gasteiger partial charge in [0, 0.05) is 34.7 Å². The van der Waals surface area contributed by atoms with Gasteiger partial charge in [0.05, 0.1) is 32.6 Å². The van der Waals surface area contributed by atoms with Crippen molar-refractivity contribution in [1.29, 1.82) is 0 Å². The topological polar surface area (TPSA) is 130 Å². The molecule has 0 saturated heterocycles. The van der Waals surface area contributed by atoms with Crippen molar-refractivity contribution in [2.45, 2.75) is 58.0 Å². The van der Waals surface area contributed by atoms with E-state index >= 15 is 0 Å². The number of methoxy groups -OCH3 is 2. The molecule has 44 heavy (non-hydrogen) atoms. The first kappa shape index (κ1) is 31.9. The third-order valence-corrected chi connectivity index (χ3v) is 10.8. The van der Waals surface area contributed by atoms with Crippen LogP contribution in [0.25, 0.3) is 0 Å². The number of nitrogens with one attached hydrogen (secondary N) is 2. The summed E-state index contributed by atoms with van der Waals surface area (Å²) in [7, 11) is 3.17. The van der Waals surface area contributed by atoms with Crippen LogP contribution in [0.15, 0.2) is 42.5 Å². The Balaban J connectivity index is 1.37. The molecule has 0 radical (unpaired) electrons. The normalized spacial score (nSPS) is 25.8. The van der Waals surface area contributed by atoms with Gasteiger partial charge in [-0.2, -0.15) is 0 Å². The molecule has 2 aliphatic rings. The van der Waals surface area contributed by atoms with Crippen LogP contribution in [0.4, 0.5) is 9.52 Å². The number of fused-ring (bicyclic) bond motifs is 2. The highest BCUT2D eigenvalue weighted by atomic mass is 32.1. The van der Waals surface area contributed by atoms with E-state index < -0.39 is 28.7 Å². The van der Waals surface area contributed by atoms with Crippen molar-refractivity contribution in [3.63, 3.8) is 0 Å². The molecule has 3 aromatic rings. The quantitative estimate of drug-likeness (QED) is 0.257. The van der Waals surface area contributed by atoms with E-state index in [1.165, 1.54) is 35.6 Å². The van der Waals surface area contributed by atoms with Crippen LogP contribution in [0.1, 0.15) is 65.5 Å². The number of nitrogens with zero attached hydrogens (tertiary/aromatic N) is 1. The van der Waals surface area contributed by atoms with E-state index in [2.05, 4.69) is 17.6 Å². The summed E-state index contributed by atoms with van der Waals surface area (Å²) in [6.07, 6.45) is 1.86. The van der Waals surface area contributed by atoms with Crippen molar-refractivity contribution in [2.24, 2.45) is 16.7 Å². The van der Waals surface area contributed by atoms with E-state index in [-0.39, 0.29) is 30.8 Å². The number of carbonyl (C=O) groups excluding carboxylic acids is 2. The molecular formula is C33H40FN3O6S. The summed E-state index contributed by atoms with van der Waals surface area (Å²) in [6.45, 7) is 4.31. The van der Waals surface area contributed by atoms with E-state index in [0.717, 1.165) is 16.1 Å². The summed E-state index contributed by atoms with van der Waals surface area (Å²) in [5.74, 6) is -0.0845. The van der Waals surface area contributed by atoms with Crippen molar-refractivity contribution >= 4 is 28.3 Å². The number of aliphatic hydroxyl groups excluding tert-OH is 2. The van der Waals surface area contributed by atoms with Crippen molar-refractivity contribution in [2.75, 3.05) is 32.7 Å². The molecule has 2 aliphatic carbocycles. The highest BCUT2D eigenvalue weighted by Gasteiger charge is 2.59. The van der Waals surface area contributed by atoms with E-state index in [9.17, 15) is 24.2 Å². The minimum absolute atomic E-state index is 0.109. The fourth-order valence-corrected chi connectivity index (χ4v) is 8.17. The average molecular weight is 626 g/mol. The van der Waals surface area contributed by atoms with Crippen LogP contribution < -0.4 is 20.1 Å². The SMILES string of the molecule is COc1ccc(CCNC(=O)CC2c3nc(NC(=O)c4ccc(F)cc4)sc3CC3C(C)(CO)C(O)CCC23C)cc1OC. The van der Waals surface area contributed by atoms with Gasteiger partial charge in [-0.05, 0) is 79.0 Å². The zero-order valence-electron chi connectivity index (χ0n) is 25.5. The predicted octanol–water partition coefficient (Wildman–Crippen LogP) is 4.72. The lowest BCUT2D eigenvalue weighted by Gasteiger charge is -2.58. The van der Waals surface area contributed by atoms with Crippen LogP contribution >= 0.6 is 11.3 Å². The number of thiazole rings is 1. The van der Waals surface area contributed by atoms with Gasteiger partial charge in [-0.3, -0.25) is 14.9 Å². The Morgan fingerprint density at radius 3 is 2.52 bits per heavy atom. The van der Waals surface area contributed by atoms with Crippen LogP contribution in [-0.2, 0) is 17.6 Å². The van der Waals surface area contributed by atoms with Crippen molar-refractivity contribution in [3.05, 3.63) is 70.0 Å². The minimum Gasteiger partial charge on any atom is -0.493 e. The van der Waals surface area contributed by atoms with Gasteiger partial charge in [0.25, 0.3) is 5.91 Å². The Kier molecular flexibility index (Phi) is 9.29. The van der Waals surface area contributed by atoms with Gasteiger partial charge in [-0.1, -0.05) is 19.9 Å². The number of aliphatic hydroxyl groups is 2. The minimum atomic E-state index is -0.756. The Labute approximate surface area is 260 Å². The molecule has 11 heteroatoms. The molecule has 1 aromatic heterocycles. The first-order valence-corrected chi connectivity index (χ1v) is 15.7.